The van der Waals surface area contributed by atoms with Crippen molar-refractivity contribution in [3.8, 4) is 5.75 Å². The molecule has 1 aromatic rings. The first kappa shape index (κ1) is 13.0. The van der Waals surface area contributed by atoms with Crippen LogP contribution in [0.15, 0.2) is 18.2 Å². The Labute approximate surface area is 96.6 Å². The second kappa shape index (κ2) is 5.85. The molecule has 0 saturated heterocycles. The SMILES string of the molecule is CCCC(C)Oc1cc(F)ccc1C(C)N. The van der Waals surface area contributed by atoms with Gasteiger partial charge in [0.2, 0.25) is 0 Å². The van der Waals surface area contributed by atoms with Crippen LogP contribution in [0.2, 0.25) is 0 Å². The third-order valence-corrected chi connectivity index (χ3v) is 2.49. The van der Waals surface area contributed by atoms with Gasteiger partial charge >= 0.3 is 0 Å². The minimum Gasteiger partial charge on any atom is -0.490 e. The summed E-state index contributed by atoms with van der Waals surface area (Å²) in [5.41, 5.74) is 6.66. The molecular weight excluding hydrogens is 205 g/mol. The number of hydrogen-bond donors (Lipinski definition) is 1. The summed E-state index contributed by atoms with van der Waals surface area (Å²) in [7, 11) is 0. The number of benzene rings is 1. The predicted molar refractivity (Wildman–Crippen MR) is 64.0 cm³/mol. The topological polar surface area (TPSA) is 35.2 Å². The molecule has 0 heterocycles. The van der Waals surface area contributed by atoms with Gasteiger partial charge in [-0.1, -0.05) is 19.4 Å². The van der Waals surface area contributed by atoms with Gasteiger partial charge < -0.3 is 10.5 Å². The molecule has 0 amide bonds. The second-order valence-electron chi connectivity index (χ2n) is 4.19. The normalized spacial score (nSPS) is 14.6. The van der Waals surface area contributed by atoms with Crippen LogP contribution in [0.25, 0.3) is 0 Å². The maximum absolute atomic E-state index is 13.1. The number of hydrogen-bond acceptors (Lipinski definition) is 2. The van der Waals surface area contributed by atoms with Gasteiger partial charge in [0.15, 0.2) is 0 Å². The second-order valence-corrected chi connectivity index (χ2v) is 4.19. The smallest absolute Gasteiger partial charge is 0.127 e. The van der Waals surface area contributed by atoms with Crippen LogP contribution in [0, 0.1) is 5.82 Å². The highest BCUT2D eigenvalue weighted by Gasteiger charge is 2.11. The zero-order valence-corrected chi connectivity index (χ0v) is 10.2. The molecule has 0 fully saturated rings. The first-order valence-corrected chi connectivity index (χ1v) is 5.76. The quantitative estimate of drug-likeness (QED) is 0.833. The highest BCUT2D eigenvalue weighted by atomic mass is 19.1. The molecule has 0 radical (unpaired) electrons. The Morgan fingerprint density at radius 1 is 1.38 bits per heavy atom. The molecule has 1 aromatic carbocycles. The van der Waals surface area contributed by atoms with Crippen molar-refractivity contribution in [2.75, 3.05) is 0 Å². The van der Waals surface area contributed by atoms with Gasteiger partial charge in [0.1, 0.15) is 11.6 Å². The van der Waals surface area contributed by atoms with E-state index in [2.05, 4.69) is 6.92 Å². The van der Waals surface area contributed by atoms with E-state index in [1.165, 1.54) is 12.1 Å². The Bertz CT molecular complexity index is 339. The Hall–Kier alpha value is -1.09. The highest BCUT2D eigenvalue weighted by molar-refractivity contribution is 5.36. The molecule has 2 atom stereocenters. The molecule has 0 aliphatic rings. The molecule has 0 bridgehead atoms. The molecule has 0 spiro atoms. The first-order valence-electron chi connectivity index (χ1n) is 5.76. The number of ether oxygens (including phenoxy) is 1. The number of nitrogens with two attached hydrogens (primary N) is 1. The van der Waals surface area contributed by atoms with Gasteiger partial charge in [-0.25, -0.2) is 4.39 Å². The van der Waals surface area contributed by atoms with Gasteiger partial charge in [0.25, 0.3) is 0 Å². The van der Waals surface area contributed by atoms with E-state index in [0.717, 1.165) is 18.4 Å². The first-order chi connectivity index (χ1) is 7.54. The van der Waals surface area contributed by atoms with Gasteiger partial charge in [-0.2, -0.15) is 0 Å². The van der Waals surface area contributed by atoms with Crippen LogP contribution < -0.4 is 10.5 Å². The average molecular weight is 225 g/mol. The fourth-order valence-electron chi connectivity index (χ4n) is 1.67. The van der Waals surface area contributed by atoms with E-state index >= 15 is 0 Å². The number of rotatable bonds is 5. The van der Waals surface area contributed by atoms with Gasteiger partial charge in [-0.05, 0) is 26.3 Å². The van der Waals surface area contributed by atoms with Crippen LogP contribution in [-0.4, -0.2) is 6.10 Å². The Kier molecular flexibility index (Phi) is 4.74. The Balaban J connectivity index is 2.87. The molecule has 1 rings (SSSR count). The number of halogens is 1. The molecule has 90 valence electrons. The minimum atomic E-state index is -0.289. The van der Waals surface area contributed by atoms with Crippen molar-refractivity contribution in [2.45, 2.75) is 45.8 Å². The largest absolute Gasteiger partial charge is 0.490 e. The van der Waals surface area contributed by atoms with E-state index in [4.69, 9.17) is 10.5 Å². The van der Waals surface area contributed by atoms with Gasteiger partial charge in [0.05, 0.1) is 6.10 Å². The van der Waals surface area contributed by atoms with Crippen molar-refractivity contribution in [1.29, 1.82) is 0 Å². The predicted octanol–water partition coefficient (Wildman–Crippen LogP) is 3.41. The molecule has 2 nitrogen and oxygen atoms in total. The molecule has 0 aromatic heterocycles. The fourth-order valence-corrected chi connectivity index (χ4v) is 1.67. The third-order valence-electron chi connectivity index (χ3n) is 2.49. The van der Waals surface area contributed by atoms with Crippen molar-refractivity contribution in [3.05, 3.63) is 29.6 Å². The summed E-state index contributed by atoms with van der Waals surface area (Å²) < 4.78 is 18.8. The van der Waals surface area contributed by atoms with Gasteiger partial charge in [-0.15, -0.1) is 0 Å². The lowest BCUT2D eigenvalue weighted by Crippen LogP contribution is -2.15. The maximum Gasteiger partial charge on any atom is 0.127 e. The lowest BCUT2D eigenvalue weighted by atomic mass is 10.1. The van der Waals surface area contributed by atoms with Crippen molar-refractivity contribution in [2.24, 2.45) is 5.73 Å². The molecule has 0 aliphatic heterocycles. The highest BCUT2D eigenvalue weighted by Crippen LogP contribution is 2.26. The zero-order valence-electron chi connectivity index (χ0n) is 10.2. The third kappa shape index (κ3) is 3.49. The van der Waals surface area contributed by atoms with E-state index < -0.39 is 0 Å². The summed E-state index contributed by atoms with van der Waals surface area (Å²) in [4.78, 5) is 0. The molecule has 2 unspecified atom stereocenters. The summed E-state index contributed by atoms with van der Waals surface area (Å²) in [6, 6.07) is 4.36. The zero-order chi connectivity index (χ0) is 12.1. The van der Waals surface area contributed by atoms with Crippen LogP contribution in [0.4, 0.5) is 4.39 Å². The Morgan fingerprint density at radius 3 is 2.62 bits per heavy atom. The van der Waals surface area contributed by atoms with Gasteiger partial charge in [0, 0.05) is 17.7 Å². The summed E-state index contributed by atoms with van der Waals surface area (Å²) in [5, 5.41) is 0. The summed E-state index contributed by atoms with van der Waals surface area (Å²) >= 11 is 0. The lowest BCUT2D eigenvalue weighted by molar-refractivity contribution is 0.206. The summed E-state index contributed by atoms with van der Waals surface area (Å²) in [5.74, 6) is 0.277. The van der Waals surface area contributed by atoms with Crippen molar-refractivity contribution >= 4 is 0 Å². The summed E-state index contributed by atoms with van der Waals surface area (Å²) in [6.45, 7) is 5.95. The van der Waals surface area contributed by atoms with E-state index in [0.29, 0.717) is 5.75 Å². The maximum atomic E-state index is 13.1. The molecule has 0 aliphatic carbocycles. The fraction of sp³-hybridized carbons (Fsp3) is 0.538. The van der Waals surface area contributed by atoms with Crippen molar-refractivity contribution < 1.29 is 9.13 Å². The van der Waals surface area contributed by atoms with E-state index in [1.54, 1.807) is 6.07 Å². The Morgan fingerprint density at radius 2 is 2.06 bits per heavy atom. The van der Waals surface area contributed by atoms with Crippen LogP contribution in [-0.2, 0) is 0 Å². The standard InChI is InChI=1S/C13H20FNO/c1-4-5-9(2)16-13-8-11(14)6-7-12(13)10(3)15/h6-10H,4-5,15H2,1-3H3. The molecule has 0 saturated carbocycles. The molecule has 3 heteroatoms. The average Bonchev–Trinajstić information content (AvgIpc) is 2.17. The molecule has 16 heavy (non-hydrogen) atoms. The summed E-state index contributed by atoms with van der Waals surface area (Å²) in [6.07, 6.45) is 2.09. The van der Waals surface area contributed by atoms with Crippen LogP contribution in [0.1, 0.15) is 45.2 Å². The van der Waals surface area contributed by atoms with Crippen LogP contribution in [0.3, 0.4) is 0 Å². The van der Waals surface area contributed by atoms with Gasteiger partial charge in [-0.3, -0.25) is 0 Å². The van der Waals surface area contributed by atoms with Crippen LogP contribution in [0.5, 0.6) is 5.75 Å². The molecule has 2 N–H and O–H groups in total. The molecular formula is C13H20FNO. The van der Waals surface area contributed by atoms with Crippen molar-refractivity contribution in [3.63, 3.8) is 0 Å². The van der Waals surface area contributed by atoms with E-state index in [1.807, 2.05) is 13.8 Å². The van der Waals surface area contributed by atoms with Crippen molar-refractivity contribution in [1.82, 2.24) is 0 Å². The van der Waals surface area contributed by atoms with E-state index in [9.17, 15) is 4.39 Å². The minimum absolute atomic E-state index is 0.0873. The lowest BCUT2D eigenvalue weighted by Gasteiger charge is -2.18. The van der Waals surface area contributed by atoms with Crippen LogP contribution >= 0.6 is 0 Å². The van der Waals surface area contributed by atoms with E-state index in [-0.39, 0.29) is 18.0 Å². The monoisotopic (exact) mass is 225 g/mol.